The number of nitrogens with zero attached hydrogens (tertiary/aromatic N) is 5. The van der Waals surface area contributed by atoms with Crippen molar-refractivity contribution in [2.75, 3.05) is 38.1 Å². The lowest BCUT2D eigenvalue weighted by Gasteiger charge is -2.34. The number of piperazine rings is 1. The van der Waals surface area contributed by atoms with Crippen LogP contribution in [-0.4, -0.2) is 58.9 Å². The van der Waals surface area contributed by atoms with Crippen molar-refractivity contribution in [3.8, 4) is 0 Å². The molecule has 0 unspecified atom stereocenters. The molecule has 0 spiro atoms. The average Bonchev–Trinajstić information content (AvgIpc) is 3.17. The van der Waals surface area contributed by atoms with Crippen molar-refractivity contribution in [3.05, 3.63) is 53.6 Å². The van der Waals surface area contributed by atoms with Crippen LogP contribution in [0.4, 0.5) is 5.69 Å². The van der Waals surface area contributed by atoms with E-state index in [0.29, 0.717) is 11.9 Å². The summed E-state index contributed by atoms with van der Waals surface area (Å²) in [6.07, 6.45) is 10.3. The molecule has 1 saturated heterocycles. The van der Waals surface area contributed by atoms with Crippen molar-refractivity contribution in [3.63, 3.8) is 0 Å². The highest BCUT2D eigenvalue weighted by Gasteiger charge is 2.22. The molecular weight excluding hydrogens is 384 g/mol. The van der Waals surface area contributed by atoms with Crippen LogP contribution in [0, 0.1) is 5.41 Å². The molecule has 1 aliphatic heterocycles. The zero-order valence-corrected chi connectivity index (χ0v) is 18.4. The molecule has 1 aliphatic carbocycles. The molecule has 5 rings (SSSR count). The van der Waals surface area contributed by atoms with Crippen LogP contribution in [0.2, 0.25) is 0 Å². The Bertz CT molecular complexity index is 1040. The van der Waals surface area contributed by atoms with Gasteiger partial charge in [-0.3, -0.25) is 0 Å². The monoisotopic (exact) mass is 416 g/mol. The van der Waals surface area contributed by atoms with E-state index < -0.39 is 0 Å². The van der Waals surface area contributed by atoms with Crippen molar-refractivity contribution in [1.82, 2.24) is 19.4 Å². The van der Waals surface area contributed by atoms with Crippen LogP contribution < -0.4 is 4.90 Å². The Hall–Kier alpha value is -2.73. The fourth-order valence-electron chi connectivity index (χ4n) is 5.13. The molecule has 0 bridgehead atoms. The number of anilines is 1. The quantitative estimate of drug-likeness (QED) is 0.631. The molecule has 162 valence electrons. The van der Waals surface area contributed by atoms with E-state index in [4.69, 9.17) is 10.4 Å². The van der Waals surface area contributed by atoms with E-state index in [2.05, 4.69) is 56.7 Å². The molecule has 6 nitrogen and oxygen atoms in total. The first-order chi connectivity index (χ1) is 15.2. The summed E-state index contributed by atoms with van der Waals surface area (Å²) >= 11 is 0. The van der Waals surface area contributed by atoms with Gasteiger partial charge in [0.15, 0.2) is 5.82 Å². The maximum atomic E-state index is 7.57. The third kappa shape index (κ3) is 4.22. The highest BCUT2D eigenvalue weighted by molar-refractivity contribution is 5.81. The van der Waals surface area contributed by atoms with Gasteiger partial charge in [-0.05, 0) is 43.7 Å². The van der Waals surface area contributed by atoms with Crippen molar-refractivity contribution in [1.29, 1.82) is 5.41 Å². The van der Waals surface area contributed by atoms with Gasteiger partial charge in [-0.2, -0.15) is 0 Å². The molecule has 1 aromatic carbocycles. The van der Waals surface area contributed by atoms with Gasteiger partial charge < -0.3 is 19.8 Å². The van der Waals surface area contributed by atoms with Gasteiger partial charge in [0.25, 0.3) is 0 Å². The Morgan fingerprint density at radius 2 is 1.77 bits per heavy atom. The van der Waals surface area contributed by atoms with Gasteiger partial charge >= 0.3 is 0 Å². The molecule has 31 heavy (non-hydrogen) atoms. The Morgan fingerprint density at radius 3 is 2.48 bits per heavy atom. The highest BCUT2D eigenvalue weighted by Crippen LogP contribution is 2.34. The first-order valence-electron chi connectivity index (χ1n) is 11.6. The van der Waals surface area contributed by atoms with Crippen LogP contribution in [0.3, 0.4) is 0 Å². The van der Waals surface area contributed by atoms with E-state index in [9.17, 15) is 0 Å². The third-order valence-corrected chi connectivity index (χ3v) is 6.93. The van der Waals surface area contributed by atoms with Crippen LogP contribution in [0.5, 0.6) is 0 Å². The maximum absolute atomic E-state index is 7.57. The highest BCUT2D eigenvalue weighted by atomic mass is 15.2. The second-order valence-electron chi connectivity index (χ2n) is 9.08. The van der Waals surface area contributed by atoms with Crippen LogP contribution >= 0.6 is 0 Å². The number of likely N-dealkylation sites (N-methyl/N-ethyl adjacent to an activating group) is 1. The van der Waals surface area contributed by atoms with E-state index in [1.165, 1.54) is 55.3 Å². The Morgan fingerprint density at radius 1 is 1.03 bits per heavy atom. The van der Waals surface area contributed by atoms with Crippen molar-refractivity contribution < 1.29 is 0 Å². The largest absolute Gasteiger partial charge is 0.369 e. The molecule has 1 saturated carbocycles. The topological polar surface area (TPSA) is 61.0 Å². The lowest BCUT2D eigenvalue weighted by atomic mass is 9.95. The van der Waals surface area contributed by atoms with Gasteiger partial charge in [0.1, 0.15) is 5.65 Å². The molecule has 0 amide bonds. The summed E-state index contributed by atoms with van der Waals surface area (Å²) in [4.78, 5) is 13.9. The molecular formula is C25H32N6. The van der Waals surface area contributed by atoms with Gasteiger partial charge in [0.2, 0.25) is 0 Å². The number of hydrogen-bond acceptors (Lipinski definition) is 5. The van der Waals surface area contributed by atoms with Gasteiger partial charge in [-0.1, -0.05) is 31.4 Å². The SMILES string of the molecule is CN1CCN(c2ccc(Cc3cc4cnc(C=N)nc4n3C3CCCCC3)cc2)CC1. The second kappa shape index (κ2) is 8.79. The zero-order chi connectivity index (χ0) is 21.2. The predicted octanol–water partition coefficient (Wildman–Crippen LogP) is 4.28. The molecule has 6 heteroatoms. The van der Waals surface area contributed by atoms with E-state index in [0.717, 1.165) is 43.6 Å². The lowest BCUT2D eigenvalue weighted by molar-refractivity contribution is 0.313. The maximum Gasteiger partial charge on any atom is 0.172 e. The Labute approximate surface area is 184 Å². The molecule has 0 radical (unpaired) electrons. The number of benzene rings is 1. The summed E-state index contributed by atoms with van der Waals surface area (Å²) in [6.45, 7) is 4.45. The lowest BCUT2D eigenvalue weighted by Crippen LogP contribution is -2.44. The van der Waals surface area contributed by atoms with E-state index >= 15 is 0 Å². The molecule has 3 aromatic rings. The minimum Gasteiger partial charge on any atom is -0.369 e. The van der Waals surface area contributed by atoms with E-state index in [-0.39, 0.29) is 0 Å². The first-order valence-corrected chi connectivity index (χ1v) is 11.6. The van der Waals surface area contributed by atoms with Crippen molar-refractivity contribution in [2.45, 2.75) is 44.6 Å². The third-order valence-electron chi connectivity index (χ3n) is 6.93. The van der Waals surface area contributed by atoms with Gasteiger partial charge in [-0.15, -0.1) is 0 Å². The van der Waals surface area contributed by atoms with Gasteiger partial charge in [0, 0.05) is 61.6 Å². The summed E-state index contributed by atoms with van der Waals surface area (Å²) in [5.41, 5.74) is 4.96. The van der Waals surface area contributed by atoms with Crippen molar-refractivity contribution in [2.24, 2.45) is 0 Å². The minimum atomic E-state index is 0.491. The van der Waals surface area contributed by atoms with Crippen LogP contribution in [0.15, 0.2) is 36.5 Å². The molecule has 2 aliphatic rings. The number of fused-ring (bicyclic) bond motifs is 1. The van der Waals surface area contributed by atoms with Gasteiger partial charge in [0.05, 0.1) is 6.21 Å². The Kier molecular flexibility index (Phi) is 5.72. The summed E-state index contributed by atoms with van der Waals surface area (Å²) in [7, 11) is 2.20. The molecule has 2 fully saturated rings. The standard InChI is InChI=1S/C25H32N6/c1-29-11-13-30(14-12-29)21-9-7-19(8-10-21)15-23-16-20-18-27-24(17-26)28-25(20)31(23)22-5-3-2-4-6-22/h7-10,16-18,22,26H,2-6,11-15H2,1H3. The van der Waals surface area contributed by atoms with Crippen LogP contribution in [-0.2, 0) is 6.42 Å². The summed E-state index contributed by atoms with van der Waals surface area (Å²) in [5.74, 6) is 0.491. The fourth-order valence-corrected chi connectivity index (χ4v) is 5.13. The minimum absolute atomic E-state index is 0.491. The number of hydrogen-bond donors (Lipinski definition) is 1. The smallest absolute Gasteiger partial charge is 0.172 e. The molecule has 1 N–H and O–H groups in total. The fraction of sp³-hybridized carbons (Fsp3) is 0.480. The van der Waals surface area contributed by atoms with E-state index in [1.807, 2.05) is 6.20 Å². The van der Waals surface area contributed by atoms with Crippen LogP contribution in [0.1, 0.15) is 55.2 Å². The average molecular weight is 417 g/mol. The number of nitrogens with one attached hydrogen (secondary N) is 1. The van der Waals surface area contributed by atoms with E-state index in [1.54, 1.807) is 0 Å². The molecule has 0 atom stereocenters. The van der Waals surface area contributed by atoms with Gasteiger partial charge in [-0.25, -0.2) is 9.97 Å². The normalized spacial score (nSPS) is 18.5. The van der Waals surface area contributed by atoms with Crippen LogP contribution in [0.25, 0.3) is 11.0 Å². The summed E-state index contributed by atoms with van der Waals surface area (Å²) in [5, 5.41) is 8.65. The predicted molar refractivity (Wildman–Crippen MR) is 126 cm³/mol. The summed E-state index contributed by atoms with van der Waals surface area (Å²) < 4.78 is 2.46. The number of aromatic nitrogens is 3. The first kappa shape index (κ1) is 20.2. The Balaban J connectivity index is 1.43. The number of rotatable bonds is 5. The van der Waals surface area contributed by atoms with Crippen molar-refractivity contribution >= 4 is 22.9 Å². The molecule has 3 heterocycles. The molecule has 2 aromatic heterocycles. The summed E-state index contributed by atoms with van der Waals surface area (Å²) in [6, 6.07) is 11.9. The second-order valence-corrected chi connectivity index (χ2v) is 9.08. The zero-order valence-electron chi connectivity index (χ0n) is 18.4.